The zero-order valence-electron chi connectivity index (χ0n) is 15.4. The minimum absolute atomic E-state index is 0.205. The molecule has 0 radical (unpaired) electrons. The van der Waals surface area contributed by atoms with Crippen LogP contribution in [0, 0.1) is 0 Å². The van der Waals surface area contributed by atoms with E-state index < -0.39 is 0 Å². The summed E-state index contributed by atoms with van der Waals surface area (Å²) >= 11 is 0. The number of piperazine rings is 1. The quantitative estimate of drug-likeness (QED) is 0.818. The van der Waals surface area contributed by atoms with Gasteiger partial charge in [-0.05, 0) is 30.3 Å². The van der Waals surface area contributed by atoms with Gasteiger partial charge in [-0.2, -0.15) is 0 Å². The van der Waals surface area contributed by atoms with Gasteiger partial charge in [0.15, 0.2) is 5.82 Å². The first-order valence-electron chi connectivity index (χ1n) is 8.75. The van der Waals surface area contributed by atoms with Crippen LogP contribution in [0.5, 0.6) is 11.5 Å². The first kappa shape index (κ1) is 18.0. The topological polar surface area (TPSA) is 67.8 Å². The van der Waals surface area contributed by atoms with E-state index in [2.05, 4.69) is 15.1 Å². The number of carbonyl (C=O) groups excluding carboxylic acids is 1. The fraction of sp³-hybridized carbons (Fsp3) is 0.421. The molecule has 0 saturated carbocycles. The van der Waals surface area contributed by atoms with Crippen LogP contribution in [0.15, 0.2) is 30.3 Å². The second kappa shape index (κ2) is 8.03. The van der Waals surface area contributed by atoms with Crippen molar-refractivity contribution in [3.63, 3.8) is 0 Å². The van der Waals surface area contributed by atoms with Crippen molar-refractivity contribution in [3.05, 3.63) is 30.3 Å². The second-order valence-electron chi connectivity index (χ2n) is 6.06. The van der Waals surface area contributed by atoms with E-state index in [-0.39, 0.29) is 5.91 Å². The van der Waals surface area contributed by atoms with Gasteiger partial charge in [-0.3, -0.25) is 4.79 Å². The Kier molecular flexibility index (Phi) is 5.55. The maximum absolute atomic E-state index is 11.8. The summed E-state index contributed by atoms with van der Waals surface area (Å²) in [7, 11) is 3.26. The molecule has 1 amide bonds. The number of benzene rings is 1. The van der Waals surface area contributed by atoms with Crippen molar-refractivity contribution < 1.29 is 14.3 Å². The lowest BCUT2D eigenvalue weighted by Crippen LogP contribution is -2.48. The van der Waals surface area contributed by atoms with E-state index in [9.17, 15) is 4.79 Å². The van der Waals surface area contributed by atoms with E-state index in [1.807, 2.05) is 42.2 Å². The maximum atomic E-state index is 11.8. The molecule has 7 heteroatoms. The number of aromatic nitrogens is 2. The number of nitrogens with zero attached hydrogens (tertiary/aromatic N) is 4. The zero-order chi connectivity index (χ0) is 18.5. The van der Waals surface area contributed by atoms with Crippen LogP contribution >= 0.6 is 0 Å². The molecule has 0 unspecified atom stereocenters. The van der Waals surface area contributed by atoms with Crippen LogP contribution < -0.4 is 14.4 Å². The maximum Gasteiger partial charge on any atom is 0.222 e. The van der Waals surface area contributed by atoms with Gasteiger partial charge in [0, 0.05) is 38.2 Å². The highest BCUT2D eigenvalue weighted by atomic mass is 16.5. The van der Waals surface area contributed by atoms with E-state index >= 15 is 0 Å². The Balaban J connectivity index is 1.75. The average molecular weight is 356 g/mol. The number of hydrogen-bond donors (Lipinski definition) is 0. The Morgan fingerprint density at radius 1 is 1.04 bits per heavy atom. The minimum atomic E-state index is 0.205. The van der Waals surface area contributed by atoms with Gasteiger partial charge in [-0.15, -0.1) is 10.2 Å². The lowest BCUT2D eigenvalue weighted by Gasteiger charge is -2.35. The molecule has 1 fully saturated rings. The van der Waals surface area contributed by atoms with E-state index in [1.54, 1.807) is 14.2 Å². The van der Waals surface area contributed by atoms with Gasteiger partial charge >= 0.3 is 0 Å². The zero-order valence-corrected chi connectivity index (χ0v) is 15.4. The first-order chi connectivity index (χ1) is 12.7. The van der Waals surface area contributed by atoms with Gasteiger partial charge in [-0.25, -0.2) is 0 Å². The van der Waals surface area contributed by atoms with Crippen molar-refractivity contribution in [3.8, 4) is 22.8 Å². The van der Waals surface area contributed by atoms with Gasteiger partial charge in [0.25, 0.3) is 0 Å². The predicted molar refractivity (Wildman–Crippen MR) is 99.7 cm³/mol. The van der Waals surface area contributed by atoms with Crippen LogP contribution in [-0.2, 0) is 4.79 Å². The third-order valence-corrected chi connectivity index (χ3v) is 4.59. The second-order valence-corrected chi connectivity index (χ2v) is 6.06. The Labute approximate surface area is 153 Å². The molecule has 0 aliphatic carbocycles. The normalized spacial score (nSPS) is 14.3. The lowest BCUT2D eigenvalue weighted by atomic mass is 10.1. The molecule has 0 spiro atoms. The predicted octanol–water partition coefficient (Wildman–Crippen LogP) is 2.22. The third kappa shape index (κ3) is 3.71. The fourth-order valence-corrected chi connectivity index (χ4v) is 3.06. The molecule has 1 aromatic carbocycles. The highest BCUT2D eigenvalue weighted by molar-refractivity contribution is 5.76. The number of anilines is 1. The first-order valence-corrected chi connectivity index (χ1v) is 8.75. The van der Waals surface area contributed by atoms with Gasteiger partial charge in [-0.1, -0.05) is 6.92 Å². The standard InChI is InChI=1S/C19H24N4O3/c1-4-19(24)23-11-9-22(10-12-23)18-8-6-16(20-21-18)15-13-14(25-2)5-7-17(15)26-3/h5-8,13H,4,9-12H2,1-3H3. The minimum Gasteiger partial charge on any atom is -0.497 e. The van der Waals surface area contributed by atoms with Crippen LogP contribution in [0.4, 0.5) is 5.82 Å². The van der Waals surface area contributed by atoms with Crippen molar-refractivity contribution in [1.82, 2.24) is 15.1 Å². The van der Waals surface area contributed by atoms with Crippen LogP contribution in [-0.4, -0.2) is 61.4 Å². The molecule has 1 saturated heterocycles. The molecule has 0 bridgehead atoms. The number of ether oxygens (including phenoxy) is 2. The van der Waals surface area contributed by atoms with Crippen molar-refractivity contribution in [2.75, 3.05) is 45.3 Å². The molecular formula is C19H24N4O3. The SMILES string of the molecule is CCC(=O)N1CCN(c2ccc(-c3cc(OC)ccc3OC)nn2)CC1. The van der Waals surface area contributed by atoms with E-state index in [0.717, 1.165) is 54.8 Å². The molecule has 0 N–H and O–H groups in total. The summed E-state index contributed by atoms with van der Waals surface area (Å²) in [6, 6.07) is 9.48. The van der Waals surface area contributed by atoms with E-state index in [1.165, 1.54) is 0 Å². The largest absolute Gasteiger partial charge is 0.497 e. The summed E-state index contributed by atoms with van der Waals surface area (Å²) in [6.45, 7) is 4.87. The molecule has 0 atom stereocenters. The van der Waals surface area contributed by atoms with Crippen molar-refractivity contribution in [2.45, 2.75) is 13.3 Å². The van der Waals surface area contributed by atoms with Crippen LogP contribution in [0.3, 0.4) is 0 Å². The summed E-state index contributed by atoms with van der Waals surface area (Å²) in [5.41, 5.74) is 1.56. The number of amides is 1. The summed E-state index contributed by atoms with van der Waals surface area (Å²) in [5, 5.41) is 8.75. The van der Waals surface area contributed by atoms with Crippen molar-refractivity contribution in [1.29, 1.82) is 0 Å². The molecule has 2 heterocycles. The Hall–Kier alpha value is -2.83. The Bertz CT molecular complexity index is 756. The summed E-state index contributed by atoms with van der Waals surface area (Å²) < 4.78 is 10.7. The van der Waals surface area contributed by atoms with Crippen LogP contribution in [0.2, 0.25) is 0 Å². The van der Waals surface area contributed by atoms with Gasteiger partial charge in [0.05, 0.1) is 19.9 Å². The van der Waals surface area contributed by atoms with Crippen LogP contribution in [0.25, 0.3) is 11.3 Å². The van der Waals surface area contributed by atoms with E-state index in [4.69, 9.17) is 9.47 Å². The van der Waals surface area contributed by atoms with Crippen LogP contribution in [0.1, 0.15) is 13.3 Å². The lowest BCUT2D eigenvalue weighted by molar-refractivity contribution is -0.131. The Morgan fingerprint density at radius 2 is 1.81 bits per heavy atom. The molecule has 1 aliphatic rings. The molecule has 2 aromatic rings. The van der Waals surface area contributed by atoms with Gasteiger partial charge in [0.1, 0.15) is 11.5 Å². The van der Waals surface area contributed by atoms with Crippen molar-refractivity contribution >= 4 is 11.7 Å². The monoisotopic (exact) mass is 356 g/mol. The number of methoxy groups -OCH3 is 2. The summed E-state index contributed by atoms with van der Waals surface area (Å²) in [4.78, 5) is 15.8. The van der Waals surface area contributed by atoms with Gasteiger partial charge in [0.2, 0.25) is 5.91 Å². The smallest absolute Gasteiger partial charge is 0.222 e. The average Bonchev–Trinajstić information content (AvgIpc) is 2.73. The molecule has 3 rings (SSSR count). The molecule has 26 heavy (non-hydrogen) atoms. The van der Waals surface area contributed by atoms with Gasteiger partial charge < -0.3 is 19.3 Å². The Morgan fingerprint density at radius 3 is 2.38 bits per heavy atom. The molecule has 138 valence electrons. The highest BCUT2D eigenvalue weighted by Gasteiger charge is 2.21. The summed E-state index contributed by atoms with van der Waals surface area (Å²) in [5.74, 6) is 2.48. The molecular weight excluding hydrogens is 332 g/mol. The molecule has 7 nitrogen and oxygen atoms in total. The highest BCUT2D eigenvalue weighted by Crippen LogP contribution is 2.32. The number of carbonyl (C=O) groups is 1. The molecule has 1 aliphatic heterocycles. The number of hydrogen-bond acceptors (Lipinski definition) is 6. The summed E-state index contributed by atoms with van der Waals surface area (Å²) in [6.07, 6.45) is 0.552. The molecule has 1 aromatic heterocycles. The fourth-order valence-electron chi connectivity index (χ4n) is 3.06. The number of rotatable bonds is 5. The van der Waals surface area contributed by atoms with Crippen molar-refractivity contribution in [2.24, 2.45) is 0 Å². The van der Waals surface area contributed by atoms with E-state index in [0.29, 0.717) is 6.42 Å². The third-order valence-electron chi connectivity index (χ3n) is 4.59.